The first kappa shape index (κ1) is 20.8. The van der Waals surface area contributed by atoms with Crippen molar-refractivity contribution in [3.8, 4) is 0 Å². The molecule has 0 fully saturated rings. The molecule has 0 unspecified atom stereocenters. The van der Waals surface area contributed by atoms with E-state index in [0.717, 1.165) is 16.0 Å². The molecule has 3 aromatic rings. The zero-order chi connectivity index (χ0) is 20.3. The van der Waals surface area contributed by atoms with Gasteiger partial charge in [0.1, 0.15) is 5.82 Å². The average Bonchev–Trinajstić information content (AvgIpc) is 2.97. The van der Waals surface area contributed by atoms with Crippen LogP contribution in [0.2, 0.25) is 0 Å². The third kappa shape index (κ3) is 4.89. The van der Waals surface area contributed by atoms with E-state index in [1.54, 1.807) is 42.1 Å². The molecule has 0 saturated heterocycles. The maximum Gasteiger partial charge on any atom is 0.252 e. The third-order valence-electron chi connectivity index (χ3n) is 4.09. The SMILES string of the molecule is CSCCn1c(=NC(=O)Cc2ccc(F)cc2)sc2cc(S(C)(=O)=O)ccc21. The van der Waals surface area contributed by atoms with Crippen LogP contribution in [-0.4, -0.2) is 37.2 Å². The summed E-state index contributed by atoms with van der Waals surface area (Å²) in [5.74, 6) is 0.146. The van der Waals surface area contributed by atoms with Crippen LogP contribution < -0.4 is 4.80 Å². The fourth-order valence-electron chi connectivity index (χ4n) is 2.69. The lowest BCUT2D eigenvalue weighted by Crippen LogP contribution is -2.18. The second-order valence-corrected chi connectivity index (χ2v) is 10.2. The molecule has 0 N–H and O–H groups in total. The first-order valence-corrected chi connectivity index (χ1v) is 12.5. The summed E-state index contributed by atoms with van der Waals surface area (Å²) in [6, 6.07) is 10.7. The molecule has 0 spiro atoms. The van der Waals surface area contributed by atoms with Gasteiger partial charge in [0.25, 0.3) is 5.91 Å². The summed E-state index contributed by atoms with van der Waals surface area (Å²) in [6.45, 7) is 0.655. The standard InChI is InChI=1S/C19H19FN2O3S3/c1-26-10-9-22-16-8-7-15(28(2,24)25)12-17(16)27-19(22)21-18(23)11-13-3-5-14(20)6-4-13/h3-8,12H,9-11H2,1-2H3. The van der Waals surface area contributed by atoms with E-state index in [4.69, 9.17) is 0 Å². The van der Waals surface area contributed by atoms with Crippen LogP contribution in [0.1, 0.15) is 5.56 Å². The molecule has 0 saturated carbocycles. The van der Waals surface area contributed by atoms with E-state index in [1.807, 2.05) is 10.8 Å². The summed E-state index contributed by atoms with van der Waals surface area (Å²) in [6.07, 6.45) is 3.24. The highest BCUT2D eigenvalue weighted by Gasteiger charge is 2.13. The number of aryl methyl sites for hydroxylation is 1. The Kier molecular flexibility index (Phi) is 6.36. The molecule has 0 aliphatic rings. The number of aromatic nitrogens is 1. The van der Waals surface area contributed by atoms with E-state index >= 15 is 0 Å². The molecular weight excluding hydrogens is 419 g/mol. The minimum Gasteiger partial charge on any atom is -0.316 e. The molecule has 2 aromatic carbocycles. The van der Waals surface area contributed by atoms with Gasteiger partial charge in [0.15, 0.2) is 14.6 Å². The van der Waals surface area contributed by atoms with E-state index in [-0.39, 0.29) is 23.0 Å². The number of halogens is 1. The van der Waals surface area contributed by atoms with Gasteiger partial charge in [0.05, 0.1) is 21.5 Å². The number of rotatable bonds is 6. The highest BCUT2D eigenvalue weighted by Crippen LogP contribution is 2.22. The van der Waals surface area contributed by atoms with Crippen LogP contribution in [0.25, 0.3) is 10.2 Å². The highest BCUT2D eigenvalue weighted by molar-refractivity contribution is 7.98. The zero-order valence-electron chi connectivity index (χ0n) is 15.4. The quantitative estimate of drug-likeness (QED) is 0.592. The Bertz CT molecular complexity index is 1180. The number of fused-ring (bicyclic) bond motifs is 1. The Morgan fingerprint density at radius 1 is 1.21 bits per heavy atom. The Hall–Kier alpha value is -1.97. The monoisotopic (exact) mass is 438 g/mol. The molecule has 28 heavy (non-hydrogen) atoms. The predicted octanol–water partition coefficient (Wildman–Crippen LogP) is 3.28. The van der Waals surface area contributed by atoms with Crippen LogP contribution in [0.4, 0.5) is 4.39 Å². The smallest absolute Gasteiger partial charge is 0.252 e. The van der Waals surface area contributed by atoms with E-state index < -0.39 is 9.84 Å². The number of hydrogen-bond acceptors (Lipinski definition) is 5. The first-order chi connectivity index (χ1) is 13.3. The van der Waals surface area contributed by atoms with Crippen molar-refractivity contribution < 1.29 is 17.6 Å². The molecule has 5 nitrogen and oxygen atoms in total. The minimum atomic E-state index is -3.32. The molecule has 0 aliphatic heterocycles. The van der Waals surface area contributed by atoms with Crippen LogP contribution in [-0.2, 0) is 27.6 Å². The largest absolute Gasteiger partial charge is 0.316 e. The van der Waals surface area contributed by atoms with Gasteiger partial charge < -0.3 is 4.57 Å². The second kappa shape index (κ2) is 8.59. The van der Waals surface area contributed by atoms with Gasteiger partial charge in [-0.3, -0.25) is 4.79 Å². The fourth-order valence-corrected chi connectivity index (χ4v) is 4.89. The number of carbonyl (C=O) groups excluding carboxylic acids is 1. The number of nitrogens with zero attached hydrogens (tertiary/aromatic N) is 2. The Morgan fingerprint density at radius 2 is 1.93 bits per heavy atom. The summed E-state index contributed by atoms with van der Waals surface area (Å²) >= 11 is 2.96. The number of hydrogen-bond donors (Lipinski definition) is 0. The van der Waals surface area contributed by atoms with Crippen molar-refractivity contribution in [3.63, 3.8) is 0 Å². The molecule has 9 heteroatoms. The molecule has 1 aromatic heterocycles. The Labute approximate surface area is 170 Å². The Morgan fingerprint density at radius 3 is 2.57 bits per heavy atom. The molecule has 0 aliphatic carbocycles. The van der Waals surface area contributed by atoms with Crippen LogP contribution in [0.15, 0.2) is 52.4 Å². The first-order valence-electron chi connectivity index (χ1n) is 8.42. The number of benzene rings is 2. The molecule has 148 valence electrons. The van der Waals surface area contributed by atoms with Gasteiger partial charge in [-0.25, -0.2) is 12.8 Å². The molecule has 0 bridgehead atoms. The maximum absolute atomic E-state index is 13.0. The molecule has 1 amide bonds. The summed E-state index contributed by atoms with van der Waals surface area (Å²) in [4.78, 5) is 17.4. The van der Waals surface area contributed by atoms with Crippen molar-refractivity contribution in [2.24, 2.45) is 4.99 Å². The van der Waals surface area contributed by atoms with Crippen molar-refractivity contribution in [3.05, 3.63) is 58.6 Å². The summed E-state index contributed by atoms with van der Waals surface area (Å²) in [5, 5.41) is 0. The number of thioether (sulfide) groups is 1. The minimum absolute atomic E-state index is 0.0750. The topological polar surface area (TPSA) is 68.5 Å². The van der Waals surface area contributed by atoms with Gasteiger partial charge in [-0.1, -0.05) is 23.5 Å². The number of sulfone groups is 1. The number of amides is 1. The van der Waals surface area contributed by atoms with Crippen LogP contribution in [0.5, 0.6) is 0 Å². The normalized spacial score (nSPS) is 12.6. The third-order valence-corrected chi connectivity index (χ3v) is 6.83. The van der Waals surface area contributed by atoms with E-state index in [2.05, 4.69) is 4.99 Å². The number of carbonyl (C=O) groups is 1. The summed E-state index contributed by atoms with van der Waals surface area (Å²) in [5.41, 5.74) is 1.53. The van der Waals surface area contributed by atoms with E-state index in [1.165, 1.54) is 29.7 Å². The average molecular weight is 439 g/mol. The van der Waals surface area contributed by atoms with E-state index in [0.29, 0.717) is 16.9 Å². The lowest BCUT2D eigenvalue weighted by Gasteiger charge is -2.04. The van der Waals surface area contributed by atoms with Crippen molar-refractivity contribution in [1.82, 2.24) is 4.57 Å². The lowest BCUT2D eigenvalue weighted by molar-refractivity contribution is -0.117. The highest BCUT2D eigenvalue weighted by atomic mass is 32.2. The fraction of sp³-hybridized carbons (Fsp3) is 0.263. The van der Waals surface area contributed by atoms with Crippen LogP contribution >= 0.6 is 23.1 Å². The van der Waals surface area contributed by atoms with Crippen molar-refractivity contribution >= 4 is 49.1 Å². The van der Waals surface area contributed by atoms with Gasteiger partial charge in [-0.2, -0.15) is 16.8 Å². The molecule has 0 radical (unpaired) electrons. The molecule has 0 atom stereocenters. The number of thiazole rings is 1. The molecular formula is C19H19FN2O3S3. The Balaban J connectivity index is 2.02. The van der Waals surface area contributed by atoms with Crippen molar-refractivity contribution in [2.45, 2.75) is 17.9 Å². The maximum atomic E-state index is 13.0. The van der Waals surface area contributed by atoms with E-state index in [9.17, 15) is 17.6 Å². The zero-order valence-corrected chi connectivity index (χ0v) is 17.8. The van der Waals surface area contributed by atoms with Gasteiger partial charge in [-0.15, -0.1) is 0 Å². The van der Waals surface area contributed by atoms with Gasteiger partial charge >= 0.3 is 0 Å². The lowest BCUT2D eigenvalue weighted by atomic mass is 10.1. The van der Waals surface area contributed by atoms with Crippen molar-refractivity contribution in [2.75, 3.05) is 18.3 Å². The molecule has 1 heterocycles. The molecule has 3 rings (SSSR count). The van der Waals surface area contributed by atoms with Crippen molar-refractivity contribution in [1.29, 1.82) is 0 Å². The van der Waals surface area contributed by atoms with Gasteiger partial charge in [0, 0.05) is 18.6 Å². The van der Waals surface area contributed by atoms with Crippen LogP contribution in [0, 0.1) is 5.82 Å². The predicted molar refractivity (Wildman–Crippen MR) is 112 cm³/mol. The summed E-state index contributed by atoms with van der Waals surface area (Å²) < 4.78 is 39.4. The summed E-state index contributed by atoms with van der Waals surface area (Å²) in [7, 11) is -3.32. The van der Waals surface area contributed by atoms with Crippen LogP contribution in [0.3, 0.4) is 0 Å². The van der Waals surface area contributed by atoms with Gasteiger partial charge in [0.2, 0.25) is 0 Å². The van der Waals surface area contributed by atoms with Gasteiger partial charge in [-0.05, 0) is 42.2 Å². The second-order valence-electron chi connectivity index (χ2n) is 6.24.